The van der Waals surface area contributed by atoms with E-state index in [1.54, 1.807) is 30.0 Å². The van der Waals surface area contributed by atoms with Crippen molar-refractivity contribution in [3.63, 3.8) is 0 Å². The highest BCUT2D eigenvalue weighted by atomic mass is 16.5. The van der Waals surface area contributed by atoms with E-state index in [1.807, 2.05) is 17.9 Å². The molecule has 270 valence electrons. The van der Waals surface area contributed by atoms with Gasteiger partial charge in [-0.05, 0) is 44.1 Å². The molecular weight excluding hydrogens is 644 g/mol. The minimum Gasteiger partial charge on any atom is -0.508 e. The fraction of sp³-hybridized carbons (Fsp3) is 0.486. The molecule has 0 saturated carbocycles. The highest BCUT2D eigenvalue weighted by Gasteiger charge is 2.39. The van der Waals surface area contributed by atoms with Gasteiger partial charge >= 0.3 is 0 Å². The Hall–Kier alpha value is -5.02. The van der Waals surface area contributed by atoms with Gasteiger partial charge in [0.1, 0.15) is 17.6 Å². The summed E-state index contributed by atoms with van der Waals surface area (Å²) in [5.74, 6) is -1.21. The van der Waals surface area contributed by atoms with Gasteiger partial charge < -0.3 is 45.7 Å². The van der Waals surface area contributed by atoms with Crippen LogP contribution in [0.2, 0.25) is 0 Å². The molecule has 0 aliphatic carbocycles. The van der Waals surface area contributed by atoms with Crippen molar-refractivity contribution in [1.82, 2.24) is 20.0 Å². The zero-order valence-electron chi connectivity index (χ0n) is 28.8. The first-order valence-corrected chi connectivity index (χ1v) is 16.9. The third kappa shape index (κ3) is 9.57. The summed E-state index contributed by atoms with van der Waals surface area (Å²) in [7, 11) is 0. The lowest BCUT2D eigenvalue weighted by atomic mass is 10.0. The molecule has 3 aliphatic heterocycles. The third-order valence-electron chi connectivity index (χ3n) is 8.75. The number of amidine groups is 1. The summed E-state index contributed by atoms with van der Waals surface area (Å²) in [5, 5.41) is 32.3. The number of rotatable bonds is 17. The van der Waals surface area contributed by atoms with Gasteiger partial charge in [-0.1, -0.05) is 19.1 Å². The van der Waals surface area contributed by atoms with Crippen LogP contribution in [0.1, 0.15) is 55.5 Å². The maximum Gasteiger partial charge on any atom is 0.255 e. The molecule has 50 heavy (non-hydrogen) atoms. The van der Waals surface area contributed by atoms with Gasteiger partial charge in [0.15, 0.2) is 0 Å². The first-order valence-electron chi connectivity index (χ1n) is 16.9. The van der Waals surface area contributed by atoms with Gasteiger partial charge in [0.05, 0.1) is 44.3 Å². The monoisotopic (exact) mass is 692 g/mol. The molecule has 0 radical (unpaired) electrons. The van der Waals surface area contributed by atoms with Crippen LogP contribution in [0.4, 0.5) is 5.69 Å². The van der Waals surface area contributed by atoms with Crippen molar-refractivity contribution in [3.05, 3.63) is 64.6 Å². The minimum absolute atomic E-state index is 0.00880. The summed E-state index contributed by atoms with van der Waals surface area (Å²) in [6.45, 7) is 7.49. The van der Waals surface area contributed by atoms with E-state index in [2.05, 4.69) is 10.6 Å². The number of imide groups is 1. The van der Waals surface area contributed by atoms with Crippen molar-refractivity contribution < 1.29 is 33.8 Å². The maximum atomic E-state index is 13.0. The van der Waals surface area contributed by atoms with E-state index >= 15 is 0 Å². The number of nitrogens with two attached hydrogens (primary N) is 1. The van der Waals surface area contributed by atoms with Gasteiger partial charge in [-0.3, -0.25) is 29.9 Å². The van der Waals surface area contributed by atoms with E-state index in [0.717, 1.165) is 11.3 Å². The number of carbonyl (C=O) groups is 4. The number of piperidine rings is 1. The summed E-state index contributed by atoms with van der Waals surface area (Å²) < 4.78 is 11.3. The molecular formula is C35H48N8O7. The van der Waals surface area contributed by atoms with Crippen LogP contribution in [0.25, 0.3) is 0 Å². The van der Waals surface area contributed by atoms with Crippen molar-refractivity contribution in [3.8, 4) is 0 Å². The van der Waals surface area contributed by atoms with Crippen LogP contribution in [0.3, 0.4) is 0 Å². The lowest BCUT2D eigenvalue weighted by molar-refractivity contribution is -0.137. The standard InChI is InChI=1S/C35H48N8O7/c1-3-6-24(30(44)4-2)26(36)21-29(33(37)38)41-13-15-42(16-14-41)32(46)11-17-49-19-20-50-18-12-39-27-8-5-7-23-25(27)22-43(35(23)48)28-9-10-31(45)40-34(28)47/h4-8,21,28,36,39,44H,3,9-20,22H2,1-2H3,(H3,37,38)(H,40,45,47)/b24-6-,29-21+,30-4+,36-26?. The van der Waals surface area contributed by atoms with Gasteiger partial charge in [-0.2, -0.15) is 0 Å². The summed E-state index contributed by atoms with van der Waals surface area (Å²) >= 11 is 0. The normalized spacial score (nSPS) is 18.7. The minimum atomic E-state index is -0.664. The van der Waals surface area contributed by atoms with Crippen LogP contribution < -0.4 is 16.4 Å². The summed E-state index contributed by atoms with van der Waals surface area (Å²) in [6.07, 6.45) is 6.12. The summed E-state index contributed by atoms with van der Waals surface area (Å²) in [6, 6.07) is 4.75. The lowest BCUT2D eigenvalue weighted by Gasteiger charge is -2.37. The number of carbonyl (C=O) groups excluding carboxylic acids is 4. The smallest absolute Gasteiger partial charge is 0.255 e. The number of benzene rings is 1. The predicted molar refractivity (Wildman–Crippen MR) is 188 cm³/mol. The van der Waals surface area contributed by atoms with Crippen molar-refractivity contribution in [1.29, 1.82) is 10.8 Å². The van der Waals surface area contributed by atoms with Gasteiger partial charge in [-0.25, -0.2) is 0 Å². The molecule has 15 heteroatoms. The molecule has 1 aromatic carbocycles. The Morgan fingerprint density at radius 2 is 1.78 bits per heavy atom. The van der Waals surface area contributed by atoms with Gasteiger partial charge in [0.2, 0.25) is 17.7 Å². The number of allylic oxidation sites excluding steroid dienone is 4. The fourth-order valence-electron chi connectivity index (χ4n) is 6.11. The maximum absolute atomic E-state index is 13.0. The van der Waals surface area contributed by atoms with Crippen molar-refractivity contribution in [2.24, 2.45) is 5.73 Å². The molecule has 4 rings (SSSR count). The summed E-state index contributed by atoms with van der Waals surface area (Å²) in [4.78, 5) is 54.8. The largest absolute Gasteiger partial charge is 0.508 e. The SMILES string of the molecule is C/C=C(O)\C(=C/CC)C(=N)/C=C(\C(=N)N)N1CCN(C(=O)CCOCCOCCNc2cccc3c2CN(C2CCC(=O)NC2=O)C3=O)CC1. The lowest BCUT2D eigenvalue weighted by Crippen LogP contribution is -2.52. The number of anilines is 1. The molecule has 4 amide bonds. The first kappa shape index (κ1) is 37.8. The number of nitrogens with zero attached hydrogens (tertiary/aromatic N) is 3. The topological polar surface area (TPSA) is 214 Å². The third-order valence-corrected chi connectivity index (χ3v) is 8.75. The predicted octanol–water partition coefficient (Wildman–Crippen LogP) is 2.06. The number of hydrogen-bond acceptors (Lipinski definition) is 11. The number of piperazine rings is 1. The van der Waals surface area contributed by atoms with Crippen LogP contribution in [-0.4, -0.2) is 120 Å². The van der Waals surface area contributed by atoms with E-state index in [9.17, 15) is 24.3 Å². The average Bonchev–Trinajstić information content (AvgIpc) is 3.44. The molecule has 3 aliphatic rings. The van der Waals surface area contributed by atoms with Crippen LogP contribution in [0.5, 0.6) is 0 Å². The average molecular weight is 693 g/mol. The zero-order valence-corrected chi connectivity index (χ0v) is 28.8. The molecule has 0 bridgehead atoms. The Bertz CT molecular complexity index is 1560. The Labute approximate surface area is 292 Å². The molecule has 15 nitrogen and oxygen atoms in total. The molecule has 1 atom stereocenters. The molecule has 3 heterocycles. The second-order valence-electron chi connectivity index (χ2n) is 12.1. The van der Waals surface area contributed by atoms with Crippen molar-refractivity contribution >= 4 is 40.9 Å². The van der Waals surface area contributed by atoms with E-state index in [0.29, 0.717) is 82.2 Å². The highest BCUT2D eigenvalue weighted by Crippen LogP contribution is 2.32. The molecule has 1 unspecified atom stereocenters. The molecule has 2 fully saturated rings. The first-order chi connectivity index (χ1) is 24.0. The van der Waals surface area contributed by atoms with E-state index in [1.165, 1.54) is 17.1 Å². The number of amides is 4. The number of hydrogen-bond donors (Lipinski definition) is 6. The Balaban J connectivity index is 1.11. The summed E-state index contributed by atoms with van der Waals surface area (Å²) in [5.41, 5.74) is 8.81. The Morgan fingerprint density at radius 1 is 1.08 bits per heavy atom. The van der Waals surface area contributed by atoms with E-state index < -0.39 is 11.9 Å². The number of aliphatic hydroxyl groups is 1. The van der Waals surface area contributed by atoms with Gasteiger partial charge in [0, 0.05) is 68.1 Å². The molecule has 7 N–H and O–H groups in total. The highest BCUT2D eigenvalue weighted by molar-refractivity contribution is 6.12. The van der Waals surface area contributed by atoms with Gasteiger partial charge in [-0.15, -0.1) is 0 Å². The van der Waals surface area contributed by atoms with Crippen LogP contribution in [0, 0.1) is 10.8 Å². The van der Waals surface area contributed by atoms with Crippen LogP contribution in [0.15, 0.2) is 53.5 Å². The zero-order chi connectivity index (χ0) is 36.2. The second-order valence-corrected chi connectivity index (χ2v) is 12.1. The molecule has 2 saturated heterocycles. The van der Waals surface area contributed by atoms with E-state index in [-0.39, 0.29) is 61.0 Å². The Morgan fingerprint density at radius 3 is 2.44 bits per heavy atom. The number of ether oxygens (including phenoxy) is 2. The van der Waals surface area contributed by atoms with E-state index in [4.69, 9.17) is 26.0 Å². The number of nitrogens with one attached hydrogen (secondary N) is 4. The quantitative estimate of drug-likeness (QED) is 0.0349. The molecule has 1 aromatic rings. The van der Waals surface area contributed by atoms with Crippen LogP contribution in [-0.2, 0) is 30.4 Å². The van der Waals surface area contributed by atoms with Crippen molar-refractivity contribution in [2.45, 2.75) is 52.1 Å². The van der Waals surface area contributed by atoms with Gasteiger partial charge in [0.25, 0.3) is 5.91 Å². The van der Waals surface area contributed by atoms with Crippen LogP contribution >= 0.6 is 0 Å². The molecule has 0 spiro atoms. The second kappa shape index (κ2) is 18.1. The Kier molecular flexibility index (Phi) is 13.7. The fourth-order valence-corrected chi connectivity index (χ4v) is 6.11. The number of fused-ring (bicyclic) bond motifs is 1. The van der Waals surface area contributed by atoms with Crippen molar-refractivity contribution in [2.75, 3.05) is 64.5 Å². The number of aliphatic hydroxyl groups excluding tert-OH is 1. The molecule has 0 aromatic heterocycles.